The first-order chi connectivity index (χ1) is 20.1. The van der Waals surface area contributed by atoms with Crippen LogP contribution in [-0.2, 0) is 28.6 Å². The van der Waals surface area contributed by atoms with E-state index in [9.17, 15) is 37.1 Å². The Hall–Kier alpha value is -4.08. The van der Waals surface area contributed by atoms with Crippen LogP contribution in [-0.4, -0.2) is 99.4 Å². The van der Waals surface area contributed by atoms with Gasteiger partial charge in [0.25, 0.3) is 11.8 Å². The molecule has 15 heteroatoms. The number of halogens is 3. The Bertz CT molecular complexity index is 1370. The van der Waals surface area contributed by atoms with Crippen molar-refractivity contribution in [2.75, 3.05) is 52.8 Å². The number of nitrogens with one attached hydrogen (secondary N) is 2. The zero-order chi connectivity index (χ0) is 30.3. The molecule has 2 heterocycles. The van der Waals surface area contributed by atoms with Crippen LogP contribution in [0.5, 0.6) is 5.75 Å². The molecule has 0 spiro atoms. The summed E-state index contributed by atoms with van der Waals surface area (Å²) in [5.41, 5.74) is 0.488. The summed E-state index contributed by atoms with van der Waals surface area (Å²) < 4.78 is 57.7. The number of imide groups is 2. The summed E-state index contributed by atoms with van der Waals surface area (Å²) in [6.07, 6.45) is -4.86. The third kappa shape index (κ3) is 7.40. The molecule has 1 atom stereocenters. The van der Waals surface area contributed by atoms with E-state index in [2.05, 4.69) is 5.32 Å². The van der Waals surface area contributed by atoms with Crippen molar-refractivity contribution >= 4 is 40.3 Å². The van der Waals surface area contributed by atoms with Crippen molar-refractivity contribution in [3.05, 3.63) is 41.5 Å². The molecule has 2 aromatic carbocycles. The number of rotatable bonds is 14. The molecule has 2 aliphatic rings. The van der Waals surface area contributed by atoms with Crippen LogP contribution in [0.15, 0.2) is 30.3 Å². The Morgan fingerprint density at radius 3 is 2.21 bits per heavy atom. The standard InChI is InChI=1S/C27H28F3N3O9/c28-27(29,30)26(38)31-6-7-39-8-9-40-10-11-41-12-13-42-17-14-16-2-1-3-18-22(16)19(15-17)25(37)33(24(18)36)20-4-5-21(34)32-23(20)35/h1-3,14-15,20H,4-13H2,(H,31,38)(H,32,34,35). The van der Waals surface area contributed by atoms with Crippen LogP contribution < -0.4 is 15.4 Å². The van der Waals surface area contributed by atoms with Crippen LogP contribution in [0.1, 0.15) is 33.6 Å². The molecule has 226 valence electrons. The Kier molecular flexibility index (Phi) is 10.1. The Balaban J connectivity index is 1.20. The first-order valence-corrected chi connectivity index (χ1v) is 13.1. The Morgan fingerprint density at radius 2 is 1.55 bits per heavy atom. The molecule has 1 saturated heterocycles. The van der Waals surface area contributed by atoms with Crippen molar-refractivity contribution in [2.45, 2.75) is 25.1 Å². The third-order valence-electron chi connectivity index (χ3n) is 6.40. The summed E-state index contributed by atoms with van der Waals surface area (Å²) >= 11 is 0. The SMILES string of the molecule is O=C1CCC(N2C(=O)c3cccc4cc(OCCOCCOCCOCCNC(=O)C(F)(F)F)cc(c34)C2=O)C(=O)N1. The maximum Gasteiger partial charge on any atom is 0.471 e. The minimum absolute atomic E-state index is 0.0156. The van der Waals surface area contributed by atoms with Crippen LogP contribution in [0.25, 0.3) is 10.8 Å². The van der Waals surface area contributed by atoms with Gasteiger partial charge in [-0.25, -0.2) is 0 Å². The van der Waals surface area contributed by atoms with Crippen molar-refractivity contribution in [2.24, 2.45) is 0 Å². The van der Waals surface area contributed by atoms with Gasteiger partial charge in [0.15, 0.2) is 0 Å². The number of benzene rings is 2. The molecular formula is C27H28F3N3O9. The summed E-state index contributed by atoms with van der Waals surface area (Å²) in [5.74, 6) is -4.05. The highest BCUT2D eigenvalue weighted by molar-refractivity contribution is 6.27. The van der Waals surface area contributed by atoms with E-state index in [1.807, 2.05) is 0 Å². The highest BCUT2D eigenvalue weighted by Gasteiger charge is 2.43. The number of alkyl halides is 3. The van der Waals surface area contributed by atoms with Gasteiger partial charge in [-0.2, -0.15) is 13.2 Å². The minimum atomic E-state index is -4.92. The lowest BCUT2D eigenvalue weighted by Gasteiger charge is -2.34. The van der Waals surface area contributed by atoms with Crippen molar-refractivity contribution in [3.63, 3.8) is 0 Å². The normalized spacial score (nSPS) is 17.0. The van der Waals surface area contributed by atoms with E-state index in [1.54, 1.807) is 29.6 Å². The first kappa shape index (κ1) is 30.9. The van der Waals surface area contributed by atoms with Gasteiger partial charge in [0.2, 0.25) is 11.8 Å². The summed E-state index contributed by atoms with van der Waals surface area (Å²) in [7, 11) is 0. The number of ether oxygens (including phenoxy) is 4. The quantitative estimate of drug-likeness (QED) is 0.244. The number of piperidine rings is 1. The van der Waals surface area contributed by atoms with E-state index < -0.39 is 41.8 Å². The van der Waals surface area contributed by atoms with Gasteiger partial charge in [0.1, 0.15) is 18.4 Å². The molecule has 5 amide bonds. The molecule has 4 rings (SSSR count). The molecule has 0 aliphatic carbocycles. The molecule has 42 heavy (non-hydrogen) atoms. The zero-order valence-corrected chi connectivity index (χ0v) is 22.3. The number of amides is 5. The summed E-state index contributed by atoms with van der Waals surface area (Å²) in [5, 5.41) is 4.95. The molecule has 2 aliphatic heterocycles. The minimum Gasteiger partial charge on any atom is -0.491 e. The fourth-order valence-electron chi connectivity index (χ4n) is 4.49. The van der Waals surface area contributed by atoms with Gasteiger partial charge in [-0.3, -0.25) is 34.2 Å². The van der Waals surface area contributed by atoms with Gasteiger partial charge in [0.05, 0.1) is 45.2 Å². The molecule has 2 aromatic rings. The van der Waals surface area contributed by atoms with E-state index in [-0.39, 0.29) is 76.8 Å². The van der Waals surface area contributed by atoms with Crippen LogP contribution in [0, 0.1) is 0 Å². The number of carbonyl (C=O) groups excluding carboxylic acids is 5. The topological polar surface area (TPSA) is 150 Å². The average molecular weight is 596 g/mol. The molecule has 1 unspecified atom stereocenters. The van der Waals surface area contributed by atoms with Crippen molar-refractivity contribution in [1.82, 2.24) is 15.5 Å². The Morgan fingerprint density at radius 1 is 0.905 bits per heavy atom. The fourth-order valence-corrected chi connectivity index (χ4v) is 4.49. The lowest BCUT2D eigenvalue weighted by atomic mass is 9.91. The van der Waals surface area contributed by atoms with Crippen molar-refractivity contribution in [1.29, 1.82) is 0 Å². The highest BCUT2D eigenvalue weighted by atomic mass is 19.4. The first-order valence-electron chi connectivity index (χ1n) is 13.1. The van der Waals surface area contributed by atoms with Gasteiger partial charge < -0.3 is 24.3 Å². The van der Waals surface area contributed by atoms with Gasteiger partial charge in [-0.1, -0.05) is 12.1 Å². The lowest BCUT2D eigenvalue weighted by Crippen LogP contribution is -2.57. The average Bonchev–Trinajstić information content (AvgIpc) is 2.94. The second kappa shape index (κ2) is 13.7. The van der Waals surface area contributed by atoms with Gasteiger partial charge in [-0.15, -0.1) is 0 Å². The lowest BCUT2D eigenvalue weighted by molar-refractivity contribution is -0.173. The van der Waals surface area contributed by atoms with Crippen molar-refractivity contribution < 1.29 is 56.1 Å². The molecule has 1 fully saturated rings. The van der Waals surface area contributed by atoms with E-state index in [4.69, 9.17) is 18.9 Å². The van der Waals surface area contributed by atoms with Gasteiger partial charge in [-0.05, 0) is 30.0 Å². The molecule has 0 aromatic heterocycles. The number of hydrogen-bond acceptors (Lipinski definition) is 9. The highest BCUT2D eigenvalue weighted by Crippen LogP contribution is 2.35. The van der Waals surface area contributed by atoms with E-state index >= 15 is 0 Å². The summed E-state index contributed by atoms with van der Waals surface area (Å²) in [6.45, 7) is 0.750. The maximum atomic E-state index is 13.4. The summed E-state index contributed by atoms with van der Waals surface area (Å²) in [4.78, 5) is 62.2. The predicted molar refractivity (Wildman–Crippen MR) is 138 cm³/mol. The number of hydrogen-bond donors (Lipinski definition) is 2. The smallest absolute Gasteiger partial charge is 0.471 e. The largest absolute Gasteiger partial charge is 0.491 e. The van der Waals surface area contributed by atoms with Crippen LogP contribution in [0.4, 0.5) is 13.2 Å². The predicted octanol–water partition coefficient (Wildman–Crippen LogP) is 1.35. The molecule has 0 bridgehead atoms. The second-order valence-corrected chi connectivity index (χ2v) is 9.26. The summed E-state index contributed by atoms with van der Waals surface area (Å²) in [6, 6.07) is 7.11. The molecule has 2 N–H and O–H groups in total. The van der Waals surface area contributed by atoms with Crippen LogP contribution in [0.2, 0.25) is 0 Å². The fraction of sp³-hybridized carbons (Fsp3) is 0.444. The number of nitrogens with zero attached hydrogens (tertiary/aromatic N) is 1. The molecular weight excluding hydrogens is 567 g/mol. The van der Waals surface area contributed by atoms with E-state index in [0.717, 1.165) is 4.90 Å². The van der Waals surface area contributed by atoms with Crippen LogP contribution >= 0.6 is 0 Å². The monoisotopic (exact) mass is 595 g/mol. The zero-order valence-electron chi connectivity index (χ0n) is 22.3. The van der Waals surface area contributed by atoms with Crippen molar-refractivity contribution in [3.8, 4) is 5.75 Å². The Labute approximate surface area is 237 Å². The molecule has 0 saturated carbocycles. The molecule has 0 radical (unpaired) electrons. The van der Waals surface area contributed by atoms with Crippen LogP contribution in [0.3, 0.4) is 0 Å². The number of carbonyl (C=O) groups is 5. The molecule has 12 nitrogen and oxygen atoms in total. The van der Waals surface area contributed by atoms with Gasteiger partial charge >= 0.3 is 12.1 Å². The van der Waals surface area contributed by atoms with E-state index in [1.165, 1.54) is 6.07 Å². The van der Waals surface area contributed by atoms with Gasteiger partial charge in [0, 0.05) is 23.9 Å². The maximum absolute atomic E-state index is 13.4. The van der Waals surface area contributed by atoms with E-state index in [0.29, 0.717) is 16.5 Å². The second-order valence-electron chi connectivity index (χ2n) is 9.26. The third-order valence-corrected chi connectivity index (χ3v) is 6.40.